The highest BCUT2D eigenvalue weighted by atomic mass is 32.2. The number of nitrogens with zero attached hydrogens (tertiary/aromatic N) is 2. The molecule has 0 aliphatic carbocycles. The van der Waals surface area contributed by atoms with E-state index in [9.17, 15) is 18.3 Å². The Labute approximate surface area is 235 Å². The molecule has 1 aromatic heterocycles. The zero-order valence-electron chi connectivity index (χ0n) is 21.9. The molecule has 0 spiro atoms. The van der Waals surface area contributed by atoms with Crippen molar-refractivity contribution in [3.8, 4) is 34.9 Å². The molecule has 4 aromatic rings. The highest BCUT2D eigenvalue weighted by molar-refractivity contribution is 7.92. The minimum Gasteiger partial charge on any atom is -0.497 e. The molecule has 4 rings (SSSR count). The van der Waals surface area contributed by atoms with Crippen LogP contribution < -0.4 is 33.7 Å². The Balaban J connectivity index is 1.75. The van der Waals surface area contributed by atoms with Crippen molar-refractivity contribution in [3.63, 3.8) is 0 Å². The third-order valence-corrected chi connectivity index (χ3v) is 6.56. The fraction of sp³-hybridized carbons (Fsp3) is 0.148. The van der Waals surface area contributed by atoms with E-state index in [1.54, 1.807) is 48.5 Å². The molecule has 13 nitrogen and oxygen atoms in total. The molecule has 214 valence electrons. The van der Waals surface area contributed by atoms with Crippen molar-refractivity contribution >= 4 is 27.6 Å². The summed E-state index contributed by atoms with van der Waals surface area (Å²) in [7, 11) is -1.33. The average molecular weight is 583 g/mol. The molecule has 3 N–H and O–H groups in total. The minimum atomic E-state index is -4.26. The molecule has 0 saturated heterocycles. The van der Waals surface area contributed by atoms with Gasteiger partial charge in [0.2, 0.25) is 5.75 Å². The lowest BCUT2D eigenvalue weighted by Gasteiger charge is -2.17. The molecular weight excluding hydrogens is 556 g/mol. The van der Waals surface area contributed by atoms with Crippen LogP contribution in [0.25, 0.3) is 0 Å². The van der Waals surface area contributed by atoms with Gasteiger partial charge in [0.1, 0.15) is 23.9 Å². The number of nitrogens with one attached hydrogen (secondary N) is 2. The van der Waals surface area contributed by atoms with E-state index in [0.717, 1.165) is 0 Å². The van der Waals surface area contributed by atoms with Crippen LogP contribution in [0.3, 0.4) is 0 Å². The number of hydrogen-bond acceptors (Lipinski definition) is 11. The second-order valence-electron chi connectivity index (χ2n) is 8.00. The number of para-hydroxylation sites is 1. The molecule has 0 bridgehead atoms. The number of rotatable bonds is 12. The Morgan fingerprint density at radius 1 is 0.878 bits per heavy atom. The van der Waals surface area contributed by atoms with Crippen molar-refractivity contribution < 1.29 is 42.0 Å². The average Bonchev–Trinajstić information content (AvgIpc) is 2.98. The van der Waals surface area contributed by atoms with Gasteiger partial charge in [-0.2, -0.15) is 9.97 Å². The topological polar surface area (TPSA) is 167 Å². The first kappa shape index (κ1) is 28.9. The molecule has 1 heterocycles. The second-order valence-corrected chi connectivity index (χ2v) is 9.69. The van der Waals surface area contributed by atoms with E-state index in [1.165, 1.54) is 44.6 Å². The van der Waals surface area contributed by atoms with Gasteiger partial charge in [-0.1, -0.05) is 24.3 Å². The van der Waals surface area contributed by atoms with E-state index in [4.69, 9.17) is 23.7 Å². The van der Waals surface area contributed by atoms with Crippen LogP contribution in [0.5, 0.6) is 34.9 Å². The number of aliphatic hydroxyl groups excluding tert-OH is 1. The zero-order chi connectivity index (χ0) is 29.2. The van der Waals surface area contributed by atoms with E-state index in [0.29, 0.717) is 17.2 Å². The summed E-state index contributed by atoms with van der Waals surface area (Å²) in [6, 6.07) is 20.0. The minimum absolute atomic E-state index is 0.119. The summed E-state index contributed by atoms with van der Waals surface area (Å²) in [5, 5.41) is 11.9. The number of sulfonamides is 1. The first-order valence-corrected chi connectivity index (χ1v) is 13.5. The van der Waals surface area contributed by atoms with E-state index < -0.39 is 34.6 Å². The maximum absolute atomic E-state index is 13.3. The summed E-state index contributed by atoms with van der Waals surface area (Å²) in [6.45, 7) is -0.647. The Morgan fingerprint density at radius 2 is 1.59 bits per heavy atom. The number of ether oxygens (including phenoxy) is 5. The molecule has 41 heavy (non-hydrogen) atoms. The van der Waals surface area contributed by atoms with Crippen molar-refractivity contribution in [2.45, 2.75) is 4.90 Å². The fourth-order valence-electron chi connectivity index (χ4n) is 3.33. The van der Waals surface area contributed by atoms with Gasteiger partial charge in [-0.15, -0.1) is 0 Å². The lowest BCUT2D eigenvalue weighted by molar-refractivity contribution is 0.188. The summed E-state index contributed by atoms with van der Waals surface area (Å²) in [5.41, 5.74) is 0.438. The number of aliphatic hydroxyl groups is 1. The van der Waals surface area contributed by atoms with Gasteiger partial charge in [0.15, 0.2) is 5.82 Å². The molecular formula is C27H26N4O9S. The Morgan fingerprint density at radius 3 is 2.27 bits per heavy atom. The Bertz CT molecular complexity index is 1580. The van der Waals surface area contributed by atoms with Gasteiger partial charge in [0.05, 0.1) is 25.7 Å². The van der Waals surface area contributed by atoms with Crippen LogP contribution in [0.4, 0.5) is 16.3 Å². The normalized spacial score (nSPS) is 10.8. The van der Waals surface area contributed by atoms with Gasteiger partial charge in [-0.3, -0.25) is 10.0 Å². The summed E-state index contributed by atoms with van der Waals surface area (Å²) in [6.07, 6.45) is -0.949. The van der Waals surface area contributed by atoms with Crippen molar-refractivity contribution in [1.29, 1.82) is 0 Å². The van der Waals surface area contributed by atoms with E-state index in [1.807, 2.05) is 0 Å². The van der Waals surface area contributed by atoms with Gasteiger partial charge >= 0.3 is 12.1 Å². The van der Waals surface area contributed by atoms with Crippen LogP contribution in [-0.4, -0.2) is 57.0 Å². The standard InChI is InChI=1S/C27H26N4O9S/c1-36-19-11-13-22(14-12-19)41(34,35)31-24-23(39-21-10-6-9-20(17-21)37-2)25(38-16-15-32)30-26(29-24)40-27(33)28-18-7-4-3-5-8-18/h3-14,17,32H,15-16H2,1-2H3,(H,28,33)(H,29,30,31). The number of methoxy groups -OCH3 is 2. The van der Waals surface area contributed by atoms with Gasteiger partial charge in [-0.05, 0) is 48.5 Å². The molecule has 1 amide bonds. The number of carbonyl (C=O) groups is 1. The molecule has 0 aliphatic rings. The lowest BCUT2D eigenvalue weighted by Crippen LogP contribution is -2.20. The van der Waals surface area contributed by atoms with E-state index in [-0.39, 0.29) is 28.9 Å². The van der Waals surface area contributed by atoms with Gasteiger partial charge < -0.3 is 28.8 Å². The smallest absolute Gasteiger partial charge is 0.419 e. The van der Waals surface area contributed by atoms with E-state index in [2.05, 4.69) is 20.0 Å². The van der Waals surface area contributed by atoms with Crippen LogP contribution in [0.15, 0.2) is 83.8 Å². The lowest BCUT2D eigenvalue weighted by atomic mass is 10.3. The number of amides is 1. The highest BCUT2D eigenvalue weighted by Gasteiger charge is 2.26. The Hall–Kier alpha value is -5.08. The van der Waals surface area contributed by atoms with Crippen molar-refractivity contribution in [1.82, 2.24) is 9.97 Å². The third kappa shape index (κ3) is 7.74. The zero-order valence-corrected chi connectivity index (χ0v) is 22.8. The predicted octanol–water partition coefficient (Wildman–Crippen LogP) is 4.07. The first-order chi connectivity index (χ1) is 19.8. The van der Waals surface area contributed by atoms with Gasteiger partial charge in [-0.25, -0.2) is 13.2 Å². The van der Waals surface area contributed by atoms with Crippen molar-refractivity contribution in [3.05, 3.63) is 78.9 Å². The van der Waals surface area contributed by atoms with Gasteiger partial charge in [0.25, 0.3) is 15.9 Å². The summed E-state index contributed by atoms with van der Waals surface area (Å²) in [4.78, 5) is 20.6. The van der Waals surface area contributed by atoms with Crippen molar-refractivity contribution in [2.24, 2.45) is 0 Å². The summed E-state index contributed by atoms with van der Waals surface area (Å²) in [5.74, 6) is 0.148. The predicted molar refractivity (Wildman–Crippen MR) is 148 cm³/mol. The number of benzene rings is 3. The number of aromatic nitrogens is 2. The maximum Gasteiger partial charge on any atom is 0.419 e. The van der Waals surface area contributed by atoms with Crippen LogP contribution in [0.2, 0.25) is 0 Å². The Kier molecular flexibility index (Phi) is 9.39. The quantitative estimate of drug-likeness (QED) is 0.220. The SMILES string of the molecule is COc1ccc(S(=O)(=O)Nc2nc(OC(=O)Nc3ccccc3)nc(OCCO)c2Oc2cccc(OC)c2)cc1. The van der Waals surface area contributed by atoms with Crippen LogP contribution >= 0.6 is 0 Å². The molecule has 0 fully saturated rings. The number of carbonyl (C=O) groups excluding carboxylic acids is 1. The third-order valence-electron chi connectivity index (χ3n) is 5.21. The molecule has 14 heteroatoms. The first-order valence-electron chi connectivity index (χ1n) is 12.0. The maximum atomic E-state index is 13.3. The largest absolute Gasteiger partial charge is 0.497 e. The summed E-state index contributed by atoms with van der Waals surface area (Å²) >= 11 is 0. The monoisotopic (exact) mass is 582 g/mol. The molecule has 0 saturated carbocycles. The molecule has 0 unspecified atom stereocenters. The molecule has 0 radical (unpaired) electrons. The molecule has 0 aliphatic heterocycles. The fourth-order valence-corrected chi connectivity index (χ4v) is 4.33. The van der Waals surface area contributed by atoms with Crippen LogP contribution in [0, 0.1) is 0 Å². The molecule has 0 atom stereocenters. The van der Waals surface area contributed by atoms with Crippen molar-refractivity contribution in [2.75, 3.05) is 37.5 Å². The molecule has 3 aromatic carbocycles. The highest BCUT2D eigenvalue weighted by Crippen LogP contribution is 2.39. The van der Waals surface area contributed by atoms with Gasteiger partial charge in [0, 0.05) is 11.8 Å². The summed E-state index contributed by atoms with van der Waals surface area (Å²) < 4.78 is 56.0. The van der Waals surface area contributed by atoms with E-state index >= 15 is 0 Å². The number of hydrogen-bond donors (Lipinski definition) is 3. The van der Waals surface area contributed by atoms with Crippen LogP contribution in [0.1, 0.15) is 0 Å². The van der Waals surface area contributed by atoms with Crippen LogP contribution in [-0.2, 0) is 10.0 Å². The number of anilines is 2. The second kappa shape index (κ2) is 13.3.